The van der Waals surface area contributed by atoms with E-state index in [1.165, 1.54) is 54.9 Å². The zero-order valence-corrected chi connectivity index (χ0v) is 23.6. The summed E-state index contributed by atoms with van der Waals surface area (Å²) >= 11 is 0. The lowest BCUT2D eigenvalue weighted by Gasteiger charge is -2.44. The van der Waals surface area contributed by atoms with Crippen LogP contribution in [0, 0.1) is 11.2 Å². The molecular formula is C29H29FN4O6S. The SMILES string of the molecule is CCOC(=O)Cn1cnc2c(c1=O)C(c1ccc(F)cc1)C1=C(CC(C)(C)CC1=O)N2c1ccc(S(N)(=O)=O)cc1. The summed E-state index contributed by atoms with van der Waals surface area (Å²) in [5.74, 6) is -1.94. The van der Waals surface area contributed by atoms with E-state index in [1.54, 1.807) is 11.8 Å². The molecule has 1 aliphatic carbocycles. The lowest BCUT2D eigenvalue weighted by Crippen LogP contribution is -2.42. The number of nitrogens with two attached hydrogens (primary N) is 1. The first kappa shape index (κ1) is 28.4. The molecule has 0 spiro atoms. The fraction of sp³-hybridized carbons (Fsp3) is 0.310. The minimum atomic E-state index is -3.97. The normalized spacial score (nSPS) is 18.1. The summed E-state index contributed by atoms with van der Waals surface area (Å²) in [6, 6.07) is 11.3. The van der Waals surface area contributed by atoms with Crippen molar-refractivity contribution in [1.82, 2.24) is 9.55 Å². The molecule has 1 aliphatic heterocycles. The number of carbonyl (C=O) groups is 2. The van der Waals surface area contributed by atoms with Gasteiger partial charge in [-0.05, 0) is 60.7 Å². The van der Waals surface area contributed by atoms with Crippen molar-refractivity contribution >= 4 is 33.3 Å². The Morgan fingerprint density at radius 1 is 1.10 bits per heavy atom. The van der Waals surface area contributed by atoms with E-state index in [0.717, 1.165) is 4.57 Å². The summed E-state index contributed by atoms with van der Waals surface area (Å²) in [5.41, 5.74) is 1.09. The highest BCUT2D eigenvalue weighted by Crippen LogP contribution is 2.52. The van der Waals surface area contributed by atoms with Crippen molar-refractivity contribution in [2.45, 2.75) is 51.0 Å². The number of esters is 1. The summed E-state index contributed by atoms with van der Waals surface area (Å²) in [5, 5.41) is 5.30. The van der Waals surface area contributed by atoms with E-state index in [0.29, 0.717) is 28.9 Å². The fourth-order valence-electron chi connectivity index (χ4n) is 5.54. The predicted octanol–water partition coefficient (Wildman–Crippen LogP) is 3.52. The quantitative estimate of drug-likeness (QED) is 0.437. The second-order valence-corrected chi connectivity index (χ2v) is 12.4. The maximum atomic E-state index is 14.1. The van der Waals surface area contributed by atoms with Crippen LogP contribution in [0.4, 0.5) is 15.9 Å². The molecule has 2 aromatic carbocycles. The number of benzene rings is 2. The number of sulfonamides is 1. The first-order valence-corrected chi connectivity index (χ1v) is 14.5. The molecule has 0 bridgehead atoms. The highest BCUT2D eigenvalue weighted by atomic mass is 32.2. The van der Waals surface area contributed by atoms with E-state index < -0.39 is 38.7 Å². The van der Waals surface area contributed by atoms with Crippen LogP contribution in [0.2, 0.25) is 0 Å². The maximum absolute atomic E-state index is 14.1. The largest absolute Gasteiger partial charge is 0.465 e. The topological polar surface area (TPSA) is 142 Å². The Labute approximate surface area is 236 Å². The van der Waals surface area contributed by atoms with E-state index in [9.17, 15) is 27.2 Å². The number of ether oxygens (including phenoxy) is 1. The van der Waals surface area contributed by atoms with Crippen LogP contribution in [-0.2, 0) is 30.9 Å². The van der Waals surface area contributed by atoms with Crippen molar-refractivity contribution in [3.63, 3.8) is 0 Å². The molecule has 214 valence electrons. The molecular weight excluding hydrogens is 551 g/mol. The van der Waals surface area contributed by atoms with Gasteiger partial charge in [0.25, 0.3) is 5.56 Å². The third-order valence-electron chi connectivity index (χ3n) is 7.24. The maximum Gasteiger partial charge on any atom is 0.326 e. The van der Waals surface area contributed by atoms with E-state index in [1.807, 2.05) is 13.8 Å². The van der Waals surface area contributed by atoms with Gasteiger partial charge in [0.05, 0.1) is 17.1 Å². The third-order valence-corrected chi connectivity index (χ3v) is 8.17. The molecule has 2 aliphatic rings. The number of hydrogen-bond acceptors (Lipinski definition) is 8. The van der Waals surface area contributed by atoms with Crippen LogP contribution >= 0.6 is 0 Å². The number of rotatable bonds is 6. The van der Waals surface area contributed by atoms with Crippen molar-refractivity contribution in [3.05, 3.63) is 93.4 Å². The molecule has 10 nitrogen and oxygen atoms in total. The summed E-state index contributed by atoms with van der Waals surface area (Å²) in [4.78, 5) is 46.4. The monoisotopic (exact) mass is 580 g/mol. The smallest absolute Gasteiger partial charge is 0.326 e. The van der Waals surface area contributed by atoms with Gasteiger partial charge in [-0.3, -0.25) is 23.9 Å². The molecule has 1 unspecified atom stereocenters. The summed E-state index contributed by atoms with van der Waals surface area (Å²) in [6.07, 6.45) is 1.90. The van der Waals surface area contributed by atoms with Gasteiger partial charge in [-0.1, -0.05) is 26.0 Å². The summed E-state index contributed by atoms with van der Waals surface area (Å²) in [6.45, 7) is 5.32. The van der Waals surface area contributed by atoms with Crippen molar-refractivity contribution in [2.75, 3.05) is 11.5 Å². The molecule has 0 saturated heterocycles. The van der Waals surface area contributed by atoms with Crippen molar-refractivity contribution < 1.29 is 27.1 Å². The average Bonchev–Trinajstić information content (AvgIpc) is 2.89. The van der Waals surface area contributed by atoms with Crippen LogP contribution in [0.1, 0.15) is 50.7 Å². The predicted molar refractivity (Wildman–Crippen MR) is 148 cm³/mol. The lowest BCUT2D eigenvalue weighted by atomic mass is 9.68. The molecule has 5 rings (SSSR count). The van der Waals surface area contributed by atoms with Crippen LogP contribution < -0.4 is 15.6 Å². The molecule has 3 aromatic rings. The number of ketones is 1. The van der Waals surface area contributed by atoms with Crippen molar-refractivity contribution in [1.29, 1.82) is 0 Å². The zero-order valence-electron chi connectivity index (χ0n) is 22.8. The second kappa shape index (κ2) is 10.3. The molecule has 1 atom stereocenters. The number of allylic oxidation sites excluding steroid dienone is 2. The third kappa shape index (κ3) is 5.32. The molecule has 2 heterocycles. The number of hydrogen-bond donors (Lipinski definition) is 1. The Balaban J connectivity index is 1.81. The molecule has 0 saturated carbocycles. The lowest BCUT2D eigenvalue weighted by molar-refractivity contribution is -0.143. The molecule has 0 fully saturated rings. The minimum Gasteiger partial charge on any atom is -0.465 e. The summed E-state index contributed by atoms with van der Waals surface area (Å²) < 4.78 is 43.9. The van der Waals surface area contributed by atoms with Gasteiger partial charge in [0.2, 0.25) is 10.0 Å². The number of fused-ring (bicyclic) bond motifs is 1. The molecule has 41 heavy (non-hydrogen) atoms. The van der Waals surface area contributed by atoms with Gasteiger partial charge in [0.1, 0.15) is 24.5 Å². The molecule has 0 amide bonds. The van der Waals surface area contributed by atoms with E-state index in [4.69, 9.17) is 9.88 Å². The van der Waals surface area contributed by atoms with Crippen LogP contribution in [0.3, 0.4) is 0 Å². The Morgan fingerprint density at radius 2 is 1.76 bits per heavy atom. The number of aromatic nitrogens is 2. The second-order valence-electron chi connectivity index (χ2n) is 10.9. The fourth-order valence-corrected chi connectivity index (χ4v) is 6.05. The number of anilines is 2. The Morgan fingerprint density at radius 3 is 2.37 bits per heavy atom. The first-order chi connectivity index (χ1) is 19.3. The molecule has 12 heteroatoms. The van der Waals surface area contributed by atoms with Crippen LogP contribution in [0.25, 0.3) is 0 Å². The van der Waals surface area contributed by atoms with E-state index in [-0.39, 0.29) is 41.6 Å². The Hall–Kier alpha value is -4.16. The Kier molecular flexibility index (Phi) is 7.16. The van der Waals surface area contributed by atoms with E-state index in [2.05, 4.69) is 4.98 Å². The number of halogens is 1. The van der Waals surface area contributed by atoms with Crippen LogP contribution in [-0.4, -0.2) is 36.3 Å². The standard InChI is InChI=1S/C29H29FN4O6S/c1-4-40-23(36)15-33-16-32-27-26(28(33)37)24(17-5-7-18(30)8-6-17)25-21(13-29(2,3)14-22(25)35)34(27)19-9-11-20(12-10-19)41(31,38)39/h5-12,16,24H,4,13-15H2,1-3H3,(H2,31,38,39). The van der Waals surface area contributed by atoms with Crippen molar-refractivity contribution in [3.8, 4) is 0 Å². The molecule has 0 radical (unpaired) electrons. The highest BCUT2D eigenvalue weighted by Gasteiger charge is 2.46. The van der Waals surface area contributed by atoms with Gasteiger partial charge < -0.3 is 4.74 Å². The minimum absolute atomic E-state index is 0.102. The number of nitrogens with zero attached hydrogens (tertiary/aromatic N) is 3. The van der Waals surface area contributed by atoms with Gasteiger partial charge >= 0.3 is 5.97 Å². The number of primary sulfonamides is 1. The first-order valence-electron chi connectivity index (χ1n) is 13.0. The van der Waals surface area contributed by atoms with Gasteiger partial charge in [0.15, 0.2) is 5.78 Å². The summed E-state index contributed by atoms with van der Waals surface area (Å²) in [7, 11) is -3.97. The van der Waals surface area contributed by atoms with Gasteiger partial charge in [-0.25, -0.2) is 22.9 Å². The van der Waals surface area contributed by atoms with Crippen molar-refractivity contribution in [2.24, 2.45) is 10.6 Å². The van der Waals surface area contributed by atoms with Crippen LogP contribution in [0.15, 0.2) is 75.8 Å². The number of Topliss-reactive ketones (excluding diaryl/α,β-unsaturated/α-hetero) is 1. The average molecular weight is 581 g/mol. The molecule has 1 aromatic heterocycles. The van der Waals surface area contributed by atoms with Gasteiger partial charge in [0, 0.05) is 29.3 Å². The van der Waals surface area contributed by atoms with Gasteiger partial charge in [-0.2, -0.15) is 0 Å². The van der Waals surface area contributed by atoms with Gasteiger partial charge in [-0.15, -0.1) is 0 Å². The number of carbonyl (C=O) groups excluding carboxylic acids is 2. The highest BCUT2D eigenvalue weighted by molar-refractivity contribution is 7.89. The Bertz CT molecular complexity index is 1750. The van der Waals surface area contributed by atoms with E-state index >= 15 is 0 Å². The van der Waals surface area contributed by atoms with Crippen LogP contribution in [0.5, 0.6) is 0 Å². The molecule has 2 N–H and O–H groups in total. The zero-order chi connectivity index (χ0) is 29.7.